The molecule has 27 heavy (non-hydrogen) atoms. The van der Waals surface area contributed by atoms with Gasteiger partial charge in [-0.05, 0) is 18.4 Å². The third-order valence-electron chi connectivity index (χ3n) is 5.30. The SMILES string of the molecule is O=C(Cc1ccccc1)NC1C(=O)N2C(C(=O)[O-])C3(CCOCC3)S[C@@H]12.[K+]. The van der Waals surface area contributed by atoms with Gasteiger partial charge in [0.1, 0.15) is 11.4 Å². The van der Waals surface area contributed by atoms with Crippen molar-refractivity contribution in [2.45, 2.75) is 41.5 Å². The van der Waals surface area contributed by atoms with Crippen LogP contribution in [-0.4, -0.2) is 58.1 Å². The third kappa shape index (κ3) is 3.87. The van der Waals surface area contributed by atoms with E-state index in [1.165, 1.54) is 16.7 Å². The van der Waals surface area contributed by atoms with E-state index in [0.29, 0.717) is 26.1 Å². The van der Waals surface area contributed by atoms with E-state index in [1.54, 1.807) is 0 Å². The predicted molar refractivity (Wildman–Crippen MR) is 91.9 cm³/mol. The van der Waals surface area contributed by atoms with Crippen molar-refractivity contribution in [3.63, 3.8) is 0 Å². The molecule has 1 aromatic carbocycles. The number of carboxylic acids is 1. The van der Waals surface area contributed by atoms with Crippen LogP contribution in [0.2, 0.25) is 0 Å². The molecule has 0 saturated carbocycles. The van der Waals surface area contributed by atoms with Crippen molar-refractivity contribution in [1.82, 2.24) is 10.2 Å². The minimum Gasteiger partial charge on any atom is -0.548 e. The summed E-state index contributed by atoms with van der Waals surface area (Å²) in [6, 6.07) is 7.63. The predicted octanol–water partition coefficient (Wildman–Crippen LogP) is -3.70. The van der Waals surface area contributed by atoms with Crippen molar-refractivity contribution in [2.75, 3.05) is 13.2 Å². The molecule has 4 rings (SSSR count). The molecule has 0 aromatic heterocycles. The number of β-lactam (4-membered cyclic amide) rings is 1. The fourth-order valence-electron chi connectivity index (χ4n) is 4.02. The van der Waals surface area contributed by atoms with E-state index in [1.807, 2.05) is 30.3 Å². The second-order valence-electron chi connectivity index (χ2n) is 6.86. The summed E-state index contributed by atoms with van der Waals surface area (Å²) in [5, 5.41) is 14.1. The van der Waals surface area contributed by atoms with Crippen molar-refractivity contribution in [3.05, 3.63) is 35.9 Å². The molecular weight excluding hydrogens is 395 g/mol. The third-order valence-corrected chi connectivity index (χ3v) is 7.14. The number of hydrogen-bond acceptors (Lipinski definition) is 6. The monoisotopic (exact) mass is 414 g/mol. The summed E-state index contributed by atoms with van der Waals surface area (Å²) < 4.78 is 4.77. The van der Waals surface area contributed by atoms with Crippen LogP contribution in [0.5, 0.6) is 0 Å². The largest absolute Gasteiger partial charge is 1.00 e. The molecule has 1 aromatic rings. The smallest absolute Gasteiger partial charge is 0.548 e. The topological polar surface area (TPSA) is 98.8 Å². The van der Waals surface area contributed by atoms with Gasteiger partial charge in [-0.15, -0.1) is 11.8 Å². The Kier molecular flexibility index (Phi) is 6.72. The molecule has 2 unspecified atom stereocenters. The van der Waals surface area contributed by atoms with E-state index >= 15 is 0 Å². The van der Waals surface area contributed by atoms with Gasteiger partial charge in [0.2, 0.25) is 11.8 Å². The maximum atomic E-state index is 12.5. The van der Waals surface area contributed by atoms with Crippen LogP contribution in [0.1, 0.15) is 18.4 Å². The molecule has 9 heteroatoms. The average Bonchev–Trinajstić information content (AvgIpc) is 2.92. The molecule has 1 spiro atoms. The van der Waals surface area contributed by atoms with Crippen molar-refractivity contribution in [2.24, 2.45) is 0 Å². The number of nitrogens with zero attached hydrogens (tertiary/aromatic N) is 1. The summed E-state index contributed by atoms with van der Waals surface area (Å²) in [6.07, 6.45) is 1.30. The summed E-state index contributed by atoms with van der Waals surface area (Å²) in [5.74, 6) is -1.82. The van der Waals surface area contributed by atoms with Gasteiger partial charge in [0.05, 0.1) is 18.4 Å². The first-order valence-corrected chi connectivity index (χ1v) is 9.52. The van der Waals surface area contributed by atoms with Gasteiger partial charge in [0.25, 0.3) is 0 Å². The summed E-state index contributed by atoms with van der Waals surface area (Å²) in [7, 11) is 0. The molecule has 3 saturated heterocycles. The Labute approximate surface area is 204 Å². The number of amides is 2. The Balaban J connectivity index is 0.00000210. The van der Waals surface area contributed by atoms with E-state index in [-0.39, 0.29) is 75.0 Å². The number of carboxylic acid groups (broad SMARTS) is 1. The minimum atomic E-state index is -1.23. The first-order chi connectivity index (χ1) is 12.5. The normalized spacial score (nSPS) is 28.1. The first-order valence-electron chi connectivity index (χ1n) is 8.64. The maximum absolute atomic E-state index is 12.5. The van der Waals surface area contributed by atoms with E-state index in [9.17, 15) is 19.5 Å². The van der Waals surface area contributed by atoms with E-state index in [0.717, 1.165) is 5.56 Å². The Bertz CT molecular complexity index is 741. The number of benzene rings is 1. The Morgan fingerprint density at radius 3 is 2.56 bits per heavy atom. The number of aliphatic carboxylic acids is 1. The van der Waals surface area contributed by atoms with Gasteiger partial charge in [0.15, 0.2) is 0 Å². The average molecular weight is 415 g/mol. The Morgan fingerprint density at radius 2 is 1.93 bits per heavy atom. The van der Waals surface area contributed by atoms with E-state index in [2.05, 4.69) is 5.32 Å². The van der Waals surface area contributed by atoms with Gasteiger partial charge in [0, 0.05) is 18.0 Å². The first kappa shape index (κ1) is 21.3. The van der Waals surface area contributed by atoms with Crippen LogP contribution in [-0.2, 0) is 25.5 Å². The van der Waals surface area contributed by atoms with Gasteiger partial charge in [-0.3, -0.25) is 9.59 Å². The zero-order valence-electron chi connectivity index (χ0n) is 15.1. The van der Waals surface area contributed by atoms with Crippen molar-refractivity contribution >= 4 is 29.5 Å². The standard InChI is InChI=1S/C18H20N2O5S.K/c21-12(10-11-4-2-1-3-5-11)19-13-15(22)20-14(17(23)24)18(26-16(13)20)6-8-25-9-7-18;/h1-5,13-14,16H,6-10H2,(H,19,21)(H,23,24);/q;+1/p-1/t13?,14?,16-;/m0./s1. The van der Waals surface area contributed by atoms with Crippen molar-refractivity contribution in [3.8, 4) is 0 Å². The number of ether oxygens (including phenoxy) is 1. The van der Waals surface area contributed by atoms with E-state index in [4.69, 9.17) is 4.74 Å². The van der Waals surface area contributed by atoms with Crippen LogP contribution in [0.4, 0.5) is 0 Å². The summed E-state index contributed by atoms with van der Waals surface area (Å²) >= 11 is 1.47. The molecule has 0 radical (unpaired) electrons. The molecule has 138 valence electrons. The van der Waals surface area contributed by atoms with Crippen LogP contribution in [0, 0.1) is 0 Å². The molecule has 3 aliphatic rings. The number of fused-ring (bicyclic) bond motifs is 1. The summed E-state index contributed by atoms with van der Waals surface area (Å²) in [5.41, 5.74) is 0.862. The van der Waals surface area contributed by atoms with Gasteiger partial charge < -0.3 is 24.9 Å². The molecule has 2 amide bonds. The van der Waals surface area contributed by atoms with Crippen LogP contribution in [0.15, 0.2) is 30.3 Å². The fraction of sp³-hybridized carbons (Fsp3) is 0.500. The summed E-state index contributed by atoms with van der Waals surface area (Å²) in [6.45, 7) is 0.938. The van der Waals surface area contributed by atoms with Gasteiger partial charge in [-0.25, -0.2) is 0 Å². The minimum absolute atomic E-state index is 0. The van der Waals surface area contributed by atoms with Crippen LogP contribution < -0.4 is 61.8 Å². The number of nitrogens with one attached hydrogen (secondary N) is 1. The van der Waals surface area contributed by atoms with Crippen LogP contribution >= 0.6 is 11.8 Å². The molecule has 1 N–H and O–H groups in total. The number of rotatable bonds is 4. The molecule has 7 nitrogen and oxygen atoms in total. The zero-order chi connectivity index (χ0) is 18.3. The van der Waals surface area contributed by atoms with Crippen LogP contribution in [0.25, 0.3) is 0 Å². The Hall–Kier alpha value is -0.424. The van der Waals surface area contributed by atoms with Crippen molar-refractivity contribution in [1.29, 1.82) is 0 Å². The van der Waals surface area contributed by atoms with E-state index < -0.39 is 22.8 Å². The van der Waals surface area contributed by atoms with Gasteiger partial charge in [-0.1, -0.05) is 30.3 Å². The summed E-state index contributed by atoms with van der Waals surface area (Å²) in [4.78, 5) is 37.9. The van der Waals surface area contributed by atoms with Crippen molar-refractivity contribution < 1.29 is 75.6 Å². The number of hydrogen-bond donors (Lipinski definition) is 1. The molecule has 0 bridgehead atoms. The number of carbonyl (C=O) groups excluding carboxylic acids is 3. The van der Waals surface area contributed by atoms with Gasteiger partial charge in [-0.2, -0.15) is 0 Å². The fourth-order valence-corrected chi connectivity index (χ4v) is 5.90. The van der Waals surface area contributed by atoms with Crippen LogP contribution in [0.3, 0.4) is 0 Å². The second-order valence-corrected chi connectivity index (χ2v) is 8.39. The molecule has 3 atom stereocenters. The Morgan fingerprint density at radius 1 is 1.26 bits per heavy atom. The number of carbonyl (C=O) groups is 3. The zero-order valence-corrected chi connectivity index (χ0v) is 19.0. The van der Waals surface area contributed by atoms with Gasteiger partial charge >= 0.3 is 51.4 Å². The molecule has 3 fully saturated rings. The molecular formula is C18H19KN2O5S. The quantitative estimate of drug-likeness (QED) is 0.402. The molecule has 0 aliphatic carbocycles. The maximum Gasteiger partial charge on any atom is 1.00 e. The number of thioether (sulfide) groups is 1. The second kappa shape index (κ2) is 8.52. The molecule has 3 aliphatic heterocycles. The molecule has 3 heterocycles.